The number of esters is 1. The quantitative estimate of drug-likeness (QED) is 0.303. The first-order valence-corrected chi connectivity index (χ1v) is 9.15. The number of carbonyl (C=O) groups is 1. The van der Waals surface area contributed by atoms with Crippen molar-refractivity contribution in [2.24, 2.45) is 0 Å². The highest BCUT2D eigenvalue weighted by molar-refractivity contribution is 9.10. The molecule has 0 aliphatic rings. The molecule has 0 amide bonds. The topological polar surface area (TPSA) is 68.6 Å². The predicted octanol–water partition coefficient (Wildman–Crippen LogP) is 5.13. The van der Waals surface area contributed by atoms with Crippen molar-refractivity contribution in [1.29, 1.82) is 5.26 Å². The average Bonchev–Trinajstić information content (AvgIpc) is 2.71. The zero-order valence-corrected chi connectivity index (χ0v) is 16.6. The number of nitrogens with zero attached hydrogens (tertiary/aromatic N) is 1. The summed E-state index contributed by atoms with van der Waals surface area (Å²) in [4.78, 5) is 12.1. The number of carbonyl (C=O) groups excluding carboxylic acids is 1. The van der Waals surface area contributed by atoms with E-state index in [0.29, 0.717) is 17.2 Å². The summed E-state index contributed by atoms with van der Waals surface area (Å²) in [5.41, 5.74) is 0.737. The molecule has 0 aliphatic carbocycles. The molecule has 3 rings (SSSR count). The van der Waals surface area contributed by atoms with Gasteiger partial charge in [0.25, 0.3) is 0 Å². The van der Waals surface area contributed by atoms with E-state index in [1.54, 1.807) is 30.3 Å². The van der Waals surface area contributed by atoms with Crippen molar-refractivity contribution in [2.75, 3.05) is 13.7 Å². The first-order chi connectivity index (χ1) is 13.6. The molecule has 0 saturated carbocycles. The molecule has 0 aliphatic heterocycles. The molecule has 0 radical (unpaired) electrons. The molecular weight excluding hydrogens is 422 g/mol. The highest BCUT2D eigenvalue weighted by Crippen LogP contribution is 2.28. The Morgan fingerprint density at radius 1 is 1.07 bits per heavy atom. The fraction of sp³-hybridized carbons (Fsp3) is 0.0909. The third kappa shape index (κ3) is 4.90. The number of nitriles is 1. The second-order valence-corrected chi connectivity index (χ2v) is 6.68. The molecule has 0 bridgehead atoms. The van der Waals surface area contributed by atoms with E-state index in [2.05, 4.69) is 15.9 Å². The molecule has 6 heteroatoms. The summed E-state index contributed by atoms with van der Waals surface area (Å²) in [6.07, 6.45) is 2.97. The molecule has 3 aromatic carbocycles. The lowest BCUT2D eigenvalue weighted by molar-refractivity contribution is -0.128. The monoisotopic (exact) mass is 437 g/mol. The van der Waals surface area contributed by atoms with Crippen LogP contribution in [0.5, 0.6) is 17.2 Å². The summed E-state index contributed by atoms with van der Waals surface area (Å²) in [6.45, 7) is -0.0689. The predicted molar refractivity (Wildman–Crippen MR) is 110 cm³/mol. The van der Waals surface area contributed by atoms with Crippen LogP contribution in [-0.2, 0) is 4.79 Å². The molecule has 140 valence electrons. The van der Waals surface area contributed by atoms with Crippen LogP contribution in [0.1, 0.15) is 5.56 Å². The molecule has 0 aromatic heterocycles. The van der Waals surface area contributed by atoms with Crippen LogP contribution >= 0.6 is 15.9 Å². The van der Waals surface area contributed by atoms with Crippen LogP contribution < -0.4 is 14.2 Å². The van der Waals surface area contributed by atoms with E-state index in [1.165, 1.54) is 13.2 Å². The minimum absolute atomic E-state index is 0.0689. The van der Waals surface area contributed by atoms with Gasteiger partial charge in [0, 0.05) is 10.5 Å². The van der Waals surface area contributed by atoms with Crippen LogP contribution in [0.2, 0.25) is 0 Å². The summed E-state index contributed by atoms with van der Waals surface area (Å²) in [5.74, 6) is 0.931. The molecule has 5 nitrogen and oxygen atoms in total. The Morgan fingerprint density at radius 2 is 1.86 bits per heavy atom. The van der Waals surface area contributed by atoms with Gasteiger partial charge in [0.2, 0.25) is 0 Å². The lowest BCUT2D eigenvalue weighted by Gasteiger charge is -2.08. The number of rotatable bonds is 6. The lowest BCUT2D eigenvalue weighted by Crippen LogP contribution is -2.03. The van der Waals surface area contributed by atoms with Gasteiger partial charge in [-0.3, -0.25) is 0 Å². The van der Waals surface area contributed by atoms with E-state index in [0.717, 1.165) is 20.8 Å². The highest BCUT2D eigenvalue weighted by Gasteiger charge is 2.06. The van der Waals surface area contributed by atoms with E-state index in [9.17, 15) is 4.79 Å². The van der Waals surface area contributed by atoms with Gasteiger partial charge in [-0.2, -0.15) is 5.26 Å². The van der Waals surface area contributed by atoms with Crippen LogP contribution in [0.25, 0.3) is 16.8 Å². The summed E-state index contributed by atoms with van der Waals surface area (Å²) >= 11 is 3.44. The minimum atomic E-state index is -0.486. The van der Waals surface area contributed by atoms with Crippen LogP contribution in [0.15, 0.2) is 65.1 Å². The van der Waals surface area contributed by atoms with Gasteiger partial charge in [-0.05, 0) is 58.8 Å². The van der Waals surface area contributed by atoms with Gasteiger partial charge in [0.1, 0.15) is 11.8 Å². The largest absolute Gasteiger partial charge is 0.493 e. The fourth-order valence-electron chi connectivity index (χ4n) is 2.59. The molecular formula is C22H16BrNO4. The second kappa shape index (κ2) is 9.07. The third-order valence-corrected chi connectivity index (χ3v) is 4.38. The summed E-state index contributed by atoms with van der Waals surface area (Å²) < 4.78 is 16.9. The van der Waals surface area contributed by atoms with Gasteiger partial charge in [0.05, 0.1) is 7.11 Å². The van der Waals surface area contributed by atoms with E-state index >= 15 is 0 Å². The molecule has 0 heterocycles. The van der Waals surface area contributed by atoms with Crippen LogP contribution in [0.4, 0.5) is 0 Å². The SMILES string of the molecule is COc1cc(/C=C/C(=O)Oc2ccc3cc(Br)ccc3c2)ccc1OCC#N. The third-order valence-electron chi connectivity index (χ3n) is 3.88. The summed E-state index contributed by atoms with van der Waals surface area (Å²) in [6, 6.07) is 18.4. The van der Waals surface area contributed by atoms with Crippen LogP contribution in [0.3, 0.4) is 0 Å². The van der Waals surface area contributed by atoms with Crippen molar-refractivity contribution in [2.45, 2.75) is 0 Å². The molecule has 28 heavy (non-hydrogen) atoms. The normalized spacial score (nSPS) is 10.6. The van der Waals surface area contributed by atoms with E-state index in [1.807, 2.05) is 36.4 Å². The highest BCUT2D eigenvalue weighted by atomic mass is 79.9. The van der Waals surface area contributed by atoms with Gasteiger partial charge < -0.3 is 14.2 Å². The van der Waals surface area contributed by atoms with Crippen molar-refractivity contribution < 1.29 is 19.0 Å². The Bertz CT molecular complexity index is 1090. The minimum Gasteiger partial charge on any atom is -0.493 e. The van der Waals surface area contributed by atoms with Gasteiger partial charge in [-0.1, -0.05) is 34.1 Å². The number of methoxy groups -OCH3 is 1. The number of benzene rings is 3. The first kappa shape index (κ1) is 19.5. The molecule has 0 fully saturated rings. The van der Waals surface area contributed by atoms with E-state index in [-0.39, 0.29) is 6.61 Å². The number of hydrogen-bond acceptors (Lipinski definition) is 5. The smallest absolute Gasteiger partial charge is 0.336 e. The molecule has 0 spiro atoms. The maximum atomic E-state index is 12.1. The number of hydrogen-bond donors (Lipinski definition) is 0. The molecule has 0 N–H and O–H groups in total. The van der Waals surface area contributed by atoms with Crippen LogP contribution in [0, 0.1) is 11.3 Å². The van der Waals surface area contributed by atoms with E-state index in [4.69, 9.17) is 19.5 Å². The van der Waals surface area contributed by atoms with Crippen molar-refractivity contribution in [3.8, 4) is 23.3 Å². The van der Waals surface area contributed by atoms with Gasteiger partial charge in [-0.15, -0.1) is 0 Å². The molecule has 3 aromatic rings. The van der Waals surface area contributed by atoms with E-state index < -0.39 is 5.97 Å². The number of halogens is 1. The Labute approximate surface area is 170 Å². The van der Waals surface area contributed by atoms with Gasteiger partial charge in [-0.25, -0.2) is 4.79 Å². The zero-order chi connectivity index (χ0) is 19.9. The summed E-state index contributed by atoms with van der Waals surface area (Å²) in [5, 5.41) is 10.6. The Kier molecular flexibility index (Phi) is 6.30. The standard InChI is InChI=1S/C22H16BrNO4/c1-26-21-12-15(2-8-20(21)27-11-10-24)3-9-22(25)28-19-7-5-16-13-18(23)6-4-17(16)14-19/h2-9,12-14H,11H2,1H3/b9-3+. The maximum absolute atomic E-state index is 12.1. The molecule has 0 unspecified atom stereocenters. The zero-order valence-electron chi connectivity index (χ0n) is 15.0. The Hall–Kier alpha value is -3.30. The van der Waals surface area contributed by atoms with Gasteiger partial charge in [0.15, 0.2) is 18.1 Å². The maximum Gasteiger partial charge on any atom is 0.336 e. The molecule has 0 atom stereocenters. The summed E-state index contributed by atoms with van der Waals surface area (Å²) in [7, 11) is 1.51. The van der Waals surface area contributed by atoms with Crippen molar-refractivity contribution in [3.05, 3.63) is 70.7 Å². The van der Waals surface area contributed by atoms with Crippen molar-refractivity contribution in [3.63, 3.8) is 0 Å². The first-order valence-electron chi connectivity index (χ1n) is 8.36. The number of fused-ring (bicyclic) bond motifs is 1. The van der Waals surface area contributed by atoms with Gasteiger partial charge >= 0.3 is 5.97 Å². The second-order valence-electron chi connectivity index (χ2n) is 5.76. The van der Waals surface area contributed by atoms with Crippen molar-refractivity contribution in [1.82, 2.24) is 0 Å². The fourth-order valence-corrected chi connectivity index (χ4v) is 2.97. The number of ether oxygens (including phenoxy) is 3. The Balaban J connectivity index is 1.69. The van der Waals surface area contributed by atoms with Crippen LogP contribution in [-0.4, -0.2) is 19.7 Å². The Morgan fingerprint density at radius 3 is 2.64 bits per heavy atom. The molecule has 0 saturated heterocycles. The van der Waals surface area contributed by atoms with Crippen molar-refractivity contribution >= 4 is 38.7 Å². The lowest BCUT2D eigenvalue weighted by atomic mass is 10.1. The average molecular weight is 438 g/mol.